The molecule has 3 aromatic rings. The summed E-state index contributed by atoms with van der Waals surface area (Å²) in [6.07, 6.45) is 3.50. The van der Waals surface area contributed by atoms with E-state index in [1.807, 2.05) is 13.0 Å². The maximum atomic E-state index is 12.9. The average molecular weight is 429 g/mol. The normalized spacial score (nSPS) is 13.3. The molecule has 3 N–H and O–H groups in total. The number of ketones is 1. The molecule has 1 amide bonds. The number of nitrogens with one attached hydrogen (secondary N) is 1. The standard InChI is InChI=1S/C21H18Cl2N4O2/c1-11-2-3-12(21(29)26-16-4-5-16)8-17(11)27-10-25-18(20(27)24)19(28)13-6-14(22)9-15(23)7-13/h2-3,6-10,16H,4-5,24H2,1H3,(H,26,29). The predicted molar refractivity (Wildman–Crippen MR) is 113 cm³/mol. The van der Waals surface area contributed by atoms with Crippen molar-refractivity contribution >= 4 is 40.7 Å². The van der Waals surface area contributed by atoms with E-state index in [0.29, 0.717) is 26.9 Å². The van der Waals surface area contributed by atoms with Gasteiger partial charge >= 0.3 is 0 Å². The number of amides is 1. The van der Waals surface area contributed by atoms with Crippen LogP contribution in [0.4, 0.5) is 5.82 Å². The maximum Gasteiger partial charge on any atom is 0.251 e. The third-order valence-electron chi connectivity index (χ3n) is 4.79. The maximum absolute atomic E-state index is 12.9. The van der Waals surface area contributed by atoms with Crippen molar-refractivity contribution in [2.75, 3.05) is 5.73 Å². The summed E-state index contributed by atoms with van der Waals surface area (Å²) in [4.78, 5) is 29.5. The second-order valence-electron chi connectivity index (χ2n) is 7.08. The molecule has 0 unspecified atom stereocenters. The first kappa shape index (κ1) is 19.5. The molecule has 0 bridgehead atoms. The number of nitrogens with two attached hydrogens (primary N) is 1. The number of hydrogen-bond acceptors (Lipinski definition) is 4. The van der Waals surface area contributed by atoms with Crippen molar-refractivity contribution in [1.29, 1.82) is 0 Å². The number of carbonyl (C=O) groups is 2. The zero-order valence-corrected chi connectivity index (χ0v) is 17.1. The first-order valence-electron chi connectivity index (χ1n) is 9.09. The lowest BCUT2D eigenvalue weighted by Gasteiger charge is -2.12. The van der Waals surface area contributed by atoms with Crippen LogP contribution < -0.4 is 11.1 Å². The fraction of sp³-hybridized carbons (Fsp3) is 0.190. The molecule has 29 heavy (non-hydrogen) atoms. The molecule has 1 aliphatic rings. The van der Waals surface area contributed by atoms with Crippen molar-refractivity contribution in [2.45, 2.75) is 25.8 Å². The van der Waals surface area contributed by atoms with Crippen molar-refractivity contribution in [3.05, 3.63) is 75.2 Å². The van der Waals surface area contributed by atoms with E-state index in [1.165, 1.54) is 18.5 Å². The number of benzene rings is 2. The van der Waals surface area contributed by atoms with Crippen molar-refractivity contribution < 1.29 is 9.59 Å². The fourth-order valence-electron chi connectivity index (χ4n) is 3.05. The third kappa shape index (κ3) is 3.99. The van der Waals surface area contributed by atoms with Crippen molar-refractivity contribution in [1.82, 2.24) is 14.9 Å². The number of aryl methyl sites for hydroxylation is 1. The van der Waals surface area contributed by atoms with Crippen LogP contribution in [0.15, 0.2) is 42.7 Å². The molecule has 148 valence electrons. The molecule has 0 aliphatic heterocycles. The highest BCUT2D eigenvalue weighted by Crippen LogP contribution is 2.26. The van der Waals surface area contributed by atoms with Crippen LogP contribution in [-0.4, -0.2) is 27.3 Å². The van der Waals surface area contributed by atoms with Gasteiger partial charge in [0.1, 0.15) is 12.1 Å². The van der Waals surface area contributed by atoms with E-state index in [2.05, 4.69) is 10.3 Å². The smallest absolute Gasteiger partial charge is 0.251 e. The minimum Gasteiger partial charge on any atom is -0.383 e. The lowest BCUT2D eigenvalue weighted by molar-refractivity contribution is 0.0950. The quantitative estimate of drug-likeness (QED) is 0.595. The van der Waals surface area contributed by atoms with Gasteiger partial charge < -0.3 is 11.1 Å². The zero-order valence-electron chi connectivity index (χ0n) is 15.6. The summed E-state index contributed by atoms with van der Waals surface area (Å²) in [5.74, 6) is -0.336. The van der Waals surface area contributed by atoms with E-state index in [9.17, 15) is 9.59 Å². The number of carbonyl (C=O) groups excluding carboxylic acids is 2. The van der Waals surface area contributed by atoms with Crippen LogP contribution in [0, 0.1) is 6.92 Å². The molecule has 0 saturated heterocycles. The Hall–Kier alpha value is -2.83. The molecule has 1 fully saturated rings. The number of halogens is 2. The Kier molecular flexibility index (Phi) is 5.06. The van der Waals surface area contributed by atoms with E-state index in [0.717, 1.165) is 18.4 Å². The molecule has 6 nitrogen and oxygen atoms in total. The molecule has 0 radical (unpaired) electrons. The van der Waals surface area contributed by atoms with Crippen LogP contribution in [0.25, 0.3) is 5.69 Å². The van der Waals surface area contributed by atoms with E-state index in [-0.39, 0.29) is 29.2 Å². The van der Waals surface area contributed by atoms with E-state index in [4.69, 9.17) is 28.9 Å². The minimum absolute atomic E-state index is 0.0931. The predicted octanol–water partition coefficient (Wildman–Crippen LogP) is 4.19. The molecular weight excluding hydrogens is 411 g/mol. The SMILES string of the molecule is Cc1ccc(C(=O)NC2CC2)cc1-n1cnc(C(=O)c2cc(Cl)cc(Cl)c2)c1N. The van der Waals surface area contributed by atoms with E-state index >= 15 is 0 Å². The summed E-state index contributed by atoms with van der Waals surface area (Å²) in [6, 6.07) is 10.2. The van der Waals surface area contributed by atoms with Gasteiger partial charge in [0, 0.05) is 27.2 Å². The number of nitrogens with zero attached hydrogens (tertiary/aromatic N) is 2. The molecule has 0 spiro atoms. The summed E-state index contributed by atoms with van der Waals surface area (Å²) in [6.45, 7) is 1.90. The number of rotatable bonds is 5. The van der Waals surface area contributed by atoms with Gasteiger partial charge in [-0.2, -0.15) is 0 Å². The first-order chi connectivity index (χ1) is 13.8. The zero-order chi connectivity index (χ0) is 20.7. The summed E-state index contributed by atoms with van der Waals surface area (Å²) < 4.78 is 1.60. The molecule has 1 aromatic heterocycles. The summed E-state index contributed by atoms with van der Waals surface area (Å²) >= 11 is 12.0. The van der Waals surface area contributed by atoms with Crippen LogP contribution >= 0.6 is 23.2 Å². The van der Waals surface area contributed by atoms with Gasteiger partial charge in [-0.05, 0) is 55.7 Å². The number of hydrogen-bond donors (Lipinski definition) is 2. The van der Waals surface area contributed by atoms with Gasteiger partial charge in [0.05, 0.1) is 5.69 Å². The molecular formula is C21H18Cl2N4O2. The molecule has 2 aromatic carbocycles. The van der Waals surface area contributed by atoms with Gasteiger partial charge in [0.25, 0.3) is 5.91 Å². The Labute approximate surface area is 177 Å². The van der Waals surface area contributed by atoms with Gasteiger partial charge in [0.2, 0.25) is 5.78 Å². The van der Waals surface area contributed by atoms with Crippen molar-refractivity contribution in [2.24, 2.45) is 0 Å². The number of nitrogen functional groups attached to an aromatic ring is 1. The third-order valence-corrected chi connectivity index (χ3v) is 5.22. The summed E-state index contributed by atoms with van der Waals surface area (Å²) in [5.41, 5.74) is 8.74. The minimum atomic E-state index is -0.383. The second kappa shape index (κ2) is 7.54. The van der Waals surface area contributed by atoms with Gasteiger partial charge in [-0.15, -0.1) is 0 Å². The Morgan fingerprint density at radius 1 is 1.10 bits per heavy atom. The number of aromatic nitrogens is 2. The average Bonchev–Trinajstić information content (AvgIpc) is 3.40. The van der Waals surface area contributed by atoms with Crippen LogP contribution in [-0.2, 0) is 0 Å². The molecule has 1 saturated carbocycles. The number of anilines is 1. The molecule has 8 heteroatoms. The topological polar surface area (TPSA) is 90.0 Å². The van der Waals surface area contributed by atoms with Crippen molar-refractivity contribution in [3.8, 4) is 5.69 Å². The Morgan fingerprint density at radius 2 is 1.79 bits per heavy atom. The van der Waals surface area contributed by atoms with Gasteiger partial charge in [-0.3, -0.25) is 14.2 Å². The van der Waals surface area contributed by atoms with Crippen LogP contribution in [0.5, 0.6) is 0 Å². The monoisotopic (exact) mass is 428 g/mol. The van der Waals surface area contributed by atoms with Gasteiger partial charge in [-0.1, -0.05) is 29.3 Å². The van der Waals surface area contributed by atoms with Crippen LogP contribution in [0.1, 0.15) is 44.8 Å². The Morgan fingerprint density at radius 3 is 2.45 bits per heavy atom. The highest BCUT2D eigenvalue weighted by molar-refractivity contribution is 6.35. The van der Waals surface area contributed by atoms with Crippen molar-refractivity contribution in [3.63, 3.8) is 0 Å². The largest absolute Gasteiger partial charge is 0.383 e. The van der Waals surface area contributed by atoms with Crippen LogP contribution in [0.3, 0.4) is 0 Å². The molecule has 1 heterocycles. The first-order valence-corrected chi connectivity index (χ1v) is 9.84. The molecule has 1 aliphatic carbocycles. The van der Waals surface area contributed by atoms with Gasteiger partial charge in [-0.25, -0.2) is 4.98 Å². The Bertz CT molecular complexity index is 1120. The molecule has 0 atom stereocenters. The fourth-order valence-corrected chi connectivity index (χ4v) is 3.58. The number of imidazole rings is 1. The van der Waals surface area contributed by atoms with E-state index in [1.54, 1.807) is 22.8 Å². The molecule has 4 rings (SSSR count). The lowest BCUT2D eigenvalue weighted by atomic mass is 10.1. The Balaban J connectivity index is 1.69. The highest BCUT2D eigenvalue weighted by Gasteiger charge is 2.24. The lowest BCUT2D eigenvalue weighted by Crippen LogP contribution is -2.25. The highest BCUT2D eigenvalue weighted by atomic mass is 35.5. The van der Waals surface area contributed by atoms with Crippen LogP contribution in [0.2, 0.25) is 10.0 Å². The second-order valence-corrected chi connectivity index (χ2v) is 7.96. The summed E-state index contributed by atoms with van der Waals surface area (Å²) in [7, 11) is 0. The van der Waals surface area contributed by atoms with Gasteiger partial charge in [0.15, 0.2) is 5.69 Å². The van der Waals surface area contributed by atoms with E-state index < -0.39 is 0 Å². The summed E-state index contributed by atoms with van der Waals surface area (Å²) in [5, 5.41) is 3.67.